The van der Waals surface area contributed by atoms with E-state index in [2.05, 4.69) is 86.9 Å². The van der Waals surface area contributed by atoms with E-state index in [0.29, 0.717) is 76.2 Å². The van der Waals surface area contributed by atoms with E-state index in [1.165, 1.54) is 12.2 Å². The zero-order chi connectivity index (χ0) is 51.8. The number of carbonyl (C=O) groups is 3. The average molecular weight is 991 g/mol. The van der Waals surface area contributed by atoms with Crippen LogP contribution in [0.4, 0.5) is 50.8 Å². The van der Waals surface area contributed by atoms with Gasteiger partial charge in [-0.3, -0.25) is 29.5 Å². The standard InChI is InChI=1S/C29H30N8O3.C25H24N8O/c1-5-24(38)34-21-11-13-30-23(14-21)26-25-18(10-12-31-26)15-32-27(36-25)35-20-8-6-19(7-9-20)33-22-16-37(17-22)28(39)40-29(2,3)4;1-3-22(34)30-19-9-11-26-21(12-19)24-23-16(8-10-27-24)13-28-25(32-23)31-18-6-4-17(5-7-18)29-20-14-33(2)15-20/h5-15,22,33H,1,16-17H2,2-4H3,(H,30,34,38)(H,32,35,36);3-13,20,29H,1,14-15H2,2H3,(H,26,30,34)(H,28,31,32). The van der Waals surface area contributed by atoms with Crippen molar-refractivity contribution in [2.24, 2.45) is 0 Å². The van der Waals surface area contributed by atoms with Gasteiger partial charge >= 0.3 is 6.09 Å². The molecule has 0 spiro atoms. The maximum Gasteiger partial charge on any atom is 0.410 e. The van der Waals surface area contributed by atoms with Crippen LogP contribution in [0.5, 0.6) is 0 Å². The summed E-state index contributed by atoms with van der Waals surface area (Å²) in [5.74, 6) is 0.261. The molecule has 0 saturated carbocycles. The van der Waals surface area contributed by atoms with E-state index in [0.717, 1.165) is 46.6 Å². The molecule has 6 aromatic heterocycles. The summed E-state index contributed by atoms with van der Waals surface area (Å²) in [7, 11) is 2.11. The Balaban J connectivity index is 0.000000184. The molecule has 2 aromatic carbocycles. The fourth-order valence-corrected chi connectivity index (χ4v) is 7.93. The van der Waals surface area contributed by atoms with Crippen LogP contribution in [0, 0.1) is 0 Å². The minimum absolute atomic E-state index is 0.165. The first-order valence-electron chi connectivity index (χ1n) is 23.7. The highest BCUT2D eigenvalue weighted by Crippen LogP contribution is 2.29. The number of likely N-dealkylation sites (N-methyl/N-ethyl adjacent to an activating group) is 1. The molecule has 2 aliphatic heterocycles. The molecule has 2 fully saturated rings. The van der Waals surface area contributed by atoms with E-state index in [1.54, 1.807) is 66.3 Å². The Labute approximate surface area is 426 Å². The monoisotopic (exact) mass is 990 g/mol. The number of anilines is 8. The third-order valence-corrected chi connectivity index (χ3v) is 11.5. The number of fused-ring (bicyclic) bond motifs is 2. The van der Waals surface area contributed by atoms with Gasteiger partial charge < -0.3 is 46.4 Å². The number of ether oxygens (including phenoxy) is 1. The van der Waals surface area contributed by atoms with Gasteiger partial charge in [0.25, 0.3) is 0 Å². The van der Waals surface area contributed by atoms with Gasteiger partial charge in [0.15, 0.2) is 0 Å². The van der Waals surface area contributed by atoms with E-state index in [1.807, 2.05) is 81.4 Å². The summed E-state index contributed by atoms with van der Waals surface area (Å²) in [4.78, 5) is 75.6. The summed E-state index contributed by atoms with van der Waals surface area (Å²) < 4.78 is 5.41. The second-order valence-electron chi connectivity index (χ2n) is 18.5. The molecule has 10 rings (SSSR count). The molecule has 0 bridgehead atoms. The highest BCUT2D eigenvalue weighted by molar-refractivity contribution is 6.00. The molecule has 3 amide bonds. The van der Waals surface area contributed by atoms with Gasteiger partial charge in [-0.1, -0.05) is 13.2 Å². The molecule has 74 heavy (non-hydrogen) atoms. The number of aromatic nitrogens is 8. The van der Waals surface area contributed by atoms with Crippen molar-refractivity contribution >= 4 is 85.7 Å². The van der Waals surface area contributed by atoms with Gasteiger partial charge in [0.05, 0.1) is 23.5 Å². The summed E-state index contributed by atoms with van der Waals surface area (Å²) in [6, 6.07) is 27.1. The van der Waals surface area contributed by atoms with Gasteiger partial charge in [-0.2, -0.15) is 0 Å². The number of likely N-dealkylation sites (tertiary alicyclic amines) is 2. The molecular weight excluding hydrogens is 937 g/mol. The first-order valence-corrected chi connectivity index (χ1v) is 23.7. The van der Waals surface area contributed by atoms with E-state index < -0.39 is 5.60 Å². The van der Waals surface area contributed by atoms with E-state index in [9.17, 15) is 14.4 Å². The highest BCUT2D eigenvalue weighted by Gasteiger charge is 2.33. The predicted octanol–water partition coefficient (Wildman–Crippen LogP) is 8.67. The molecule has 2 aliphatic rings. The molecule has 20 heteroatoms. The zero-order valence-corrected chi connectivity index (χ0v) is 41.2. The van der Waals surface area contributed by atoms with Gasteiger partial charge in [-0.15, -0.1) is 0 Å². The van der Waals surface area contributed by atoms with Gasteiger partial charge in [0.1, 0.15) is 28.0 Å². The number of nitrogens with one attached hydrogen (secondary N) is 6. The summed E-state index contributed by atoms with van der Waals surface area (Å²) in [6.45, 7) is 15.8. The molecule has 0 unspecified atom stereocenters. The van der Waals surface area contributed by atoms with Crippen molar-refractivity contribution in [3.8, 4) is 22.8 Å². The van der Waals surface area contributed by atoms with Gasteiger partial charge in [-0.05, 0) is 125 Å². The Morgan fingerprint density at radius 1 is 0.568 bits per heavy atom. The number of carbonyl (C=O) groups excluding carboxylic acids is 3. The van der Waals surface area contributed by atoms with Crippen LogP contribution in [0.25, 0.3) is 44.6 Å². The largest absolute Gasteiger partial charge is 0.444 e. The van der Waals surface area contributed by atoms with Crippen LogP contribution in [-0.2, 0) is 14.3 Å². The van der Waals surface area contributed by atoms with Crippen molar-refractivity contribution < 1.29 is 19.1 Å². The quantitative estimate of drug-likeness (QED) is 0.0558. The maximum atomic E-state index is 12.1. The molecule has 374 valence electrons. The van der Waals surface area contributed by atoms with Crippen LogP contribution >= 0.6 is 0 Å². The van der Waals surface area contributed by atoms with E-state index in [-0.39, 0.29) is 23.9 Å². The second-order valence-corrected chi connectivity index (χ2v) is 18.5. The first-order chi connectivity index (χ1) is 35.7. The van der Waals surface area contributed by atoms with Gasteiger partial charge in [-0.25, -0.2) is 24.7 Å². The van der Waals surface area contributed by atoms with Gasteiger partial charge in [0.2, 0.25) is 23.7 Å². The third-order valence-electron chi connectivity index (χ3n) is 11.5. The van der Waals surface area contributed by atoms with Crippen LogP contribution in [0.15, 0.2) is 147 Å². The maximum absolute atomic E-state index is 12.1. The summed E-state index contributed by atoms with van der Waals surface area (Å²) in [5.41, 5.74) is 8.01. The number of rotatable bonds is 14. The molecule has 0 aliphatic carbocycles. The Hall–Kier alpha value is -9.43. The smallest absolute Gasteiger partial charge is 0.410 e. The number of pyridine rings is 4. The topological polar surface area (TPSA) is 242 Å². The van der Waals surface area contributed by atoms with Crippen LogP contribution < -0.4 is 31.9 Å². The van der Waals surface area contributed by atoms with Crippen molar-refractivity contribution in [3.05, 3.63) is 147 Å². The highest BCUT2D eigenvalue weighted by atomic mass is 16.6. The Morgan fingerprint density at radius 3 is 1.41 bits per heavy atom. The lowest BCUT2D eigenvalue weighted by atomic mass is 10.1. The van der Waals surface area contributed by atoms with Crippen LogP contribution in [-0.4, -0.2) is 118 Å². The number of hydrogen-bond donors (Lipinski definition) is 6. The third kappa shape index (κ3) is 12.5. The lowest BCUT2D eigenvalue weighted by molar-refractivity contribution is -0.112. The summed E-state index contributed by atoms with van der Waals surface area (Å²) in [6.07, 6.45) is 12.2. The minimum atomic E-state index is -0.502. The van der Waals surface area contributed by atoms with Crippen molar-refractivity contribution in [3.63, 3.8) is 0 Å². The molecule has 6 N–H and O–H groups in total. The van der Waals surface area contributed by atoms with Crippen molar-refractivity contribution in [2.45, 2.75) is 38.5 Å². The molecule has 8 heterocycles. The Morgan fingerprint density at radius 2 is 0.986 bits per heavy atom. The van der Waals surface area contributed by atoms with Crippen molar-refractivity contribution in [2.75, 3.05) is 65.1 Å². The van der Waals surface area contributed by atoms with Crippen molar-refractivity contribution in [1.29, 1.82) is 0 Å². The lowest BCUT2D eigenvalue weighted by Gasteiger charge is -2.40. The summed E-state index contributed by atoms with van der Waals surface area (Å²) >= 11 is 0. The molecule has 0 atom stereocenters. The zero-order valence-electron chi connectivity index (χ0n) is 41.2. The predicted molar refractivity (Wildman–Crippen MR) is 288 cm³/mol. The number of amides is 3. The molecular formula is C54H54N16O4. The molecule has 0 radical (unpaired) electrons. The average Bonchev–Trinajstić information content (AvgIpc) is 3.37. The molecule has 20 nitrogen and oxygen atoms in total. The fraction of sp³-hybridized carbons (Fsp3) is 0.204. The van der Waals surface area contributed by atoms with Crippen LogP contribution in [0.3, 0.4) is 0 Å². The normalized spacial score (nSPS) is 13.5. The fourth-order valence-electron chi connectivity index (χ4n) is 7.93. The van der Waals surface area contributed by atoms with Crippen LogP contribution in [0.1, 0.15) is 20.8 Å². The molecule has 8 aromatic rings. The van der Waals surface area contributed by atoms with E-state index in [4.69, 9.17) is 14.7 Å². The first kappa shape index (κ1) is 49.5. The number of nitrogens with zero attached hydrogens (tertiary/aromatic N) is 10. The Bertz CT molecular complexity index is 3360. The van der Waals surface area contributed by atoms with E-state index >= 15 is 0 Å². The number of benzene rings is 2. The van der Waals surface area contributed by atoms with Gasteiger partial charge in [0, 0.05) is 108 Å². The number of hydrogen-bond acceptors (Lipinski definition) is 17. The van der Waals surface area contributed by atoms with Crippen molar-refractivity contribution in [1.82, 2.24) is 49.7 Å². The Kier molecular flexibility index (Phi) is 14.7. The molecule has 2 saturated heterocycles. The minimum Gasteiger partial charge on any atom is -0.444 e. The van der Waals surface area contributed by atoms with Crippen LogP contribution in [0.2, 0.25) is 0 Å². The second kappa shape index (κ2) is 21.9. The SMILES string of the molecule is C=CC(=O)Nc1ccnc(-c2nccc3cnc(Nc4ccc(NC5CN(C(=O)OC(C)(C)C)C5)cc4)nc23)c1.C=CC(=O)Nc1ccnc(-c2nccc3cnc(Nc4ccc(NC5CN(C)C5)cc4)nc23)c1. The summed E-state index contributed by atoms with van der Waals surface area (Å²) in [5, 5.41) is 20.6. The lowest BCUT2D eigenvalue weighted by Crippen LogP contribution is -2.57.